The van der Waals surface area contributed by atoms with Gasteiger partial charge in [0.1, 0.15) is 6.54 Å². The van der Waals surface area contributed by atoms with Crippen LogP contribution in [-0.4, -0.2) is 56.7 Å². The second kappa shape index (κ2) is 14.4. The Bertz CT molecular complexity index is 496. The molecule has 0 aliphatic carbocycles. The Balaban J connectivity index is 0.00000529. The summed E-state index contributed by atoms with van der Waals surface area (Å²) in [6, 6.07) is 0. The summed E-state index contributed by atoms with van der Waals surface area (Å²) in [4.78, 5) is 21.6. The molecule has 1 rings (SSSR count). The molecule has 1 aromatic heterocycles. The predicted molar refractivity (Wildman–Crippen MR) is 109 cm³/mol. The molecule has 3 N–H and O–H groups in total. The first-order valence-corrected chi connectivity index (χ1v) is 8.72. The molecule has 0 saturated carbocycles. The van der Waals surface area contributed by atoms with E-state index in [1.165, 1.54) is 4.88 Å². The number of guanidine groups is 1. The SMILES string of the molecule is CCNC(=NCC(=O)NCCOC)NCCc1ncc(CC)s1.I. The standard InChI is InChI=1S/C15H27N5O2S.HI/c1-4-12-10-19-14(23-12)6-7-18-15(16-5-2)20-11-13(21)17-8-9-22-3;/h10H,4-9,11H2,1-3H3,(H,17,21)(H2,16,18,20);1H. The number of thiazole rings is 1. The van der Waals surface area contributed by atoms with Crippen LogP contribution in [0.3, 0.4) is 0 Å². The molecule has 0 fully saturated rings. The maximum absolute atomic E-state index is 11.6. The minimum Gasteiger partial charge on any atom is -0.383 e. The smallest absolute Gasteiger partial charge is 0.241 e. The van der Waals surface area contributed by atoms with Crippen LogP contribution in [-0.2, 0) is 22.4 Å². The third kappa shape index (κ3) is 10.0. The molecule has 1 amide bonds. The van der Waals surface area contributed by atoms with Gasteiger partial charge in [-0.05, 0) is 13.3 Å². The Hall–Kier alpha value is -0.940. The summed E-state index contributed by atoms with van der Waals surface area (Å²) in [5.41, 5.74) is 0. The molecule has 0 unspecified atom stereocenters. The topological polar surface area (TPSA) is 87.6 Å². The zero-order valence-corrected chi connectivity index (χ0v) is 17.7. The molecule has 0 aliphatic heterocycles. The predicted octanol–water partition coefficient (Wildman–Crippen LogP) is 1.18. The van der Waals surface area contributed by atoms with Crippen LogP contribution in [0.1, 0.15) is 23.7 Å². The number of aromatic nitrogens is 1. The lowest BCUT2D eigenvalue weighted by Crippen LogP contribution is -2.39. The van der Waals surface area contributed by atoms with Gasteiger partial charge in [0.15, 0.2) is 5.96 Å². The van der Waals surface area contributed by atoms with Crippen LogP contribution >= 0.6 is 35.3 Å². The highest BCUT2D eigenvalue weighted by Gasteiger charge is 2.03. The average Bonchev–Trinajstić information content (AvgIpc) is 3.01. The van der Waals surface area contributed by atoms with Crippen molar-refractivity contribution in [1.29, 1.82) is 0 Å². The van der Waals surface area contributed by atoms with Crippen LogP contribution < -0.4 is 16.0 Å². The minimum absolute atomic E-state index is 0. The van der Waals surface area contributed by atoms with Crippen molar-refractivity contribution in [2.24, 2.45) is 4.99 Å². The van der Waals surface area contributed by atoms with E-state index in [1.807, 2.05) is 13.1 Å². The molecule has 0 saturated heterocycles. The van der Waals surface area contributed by atoms with E-state index in [9.17, 15) is 4.79 Å². The Morgan fingerprint density at radius 3 is 2.71 bits per heavy atom. The number of halogens is 1. The van der Waals surface area contributed by atoms with E-state index in [4.69, 9.17) is 4.74 Å². The summed E-state index contributed by atoms with van der Waals surface area (Å²) in [5, 5.41) is 10.2. The number of hydrogen-bond donors (Lipinski definition) is 3. The lowest BCUT2D eigenvalue weighted by Gasteiger charge is -2.10. The van der Waals surface area contributed by atoms with E-state index in [1.54, 1.807) is 18.4 Å². The van der Waals surface area contributed by atoms with Crippen LogP contribution in [0, 0.1) is 0 Å². The Labute approximate surface area is 165 Å². The van der Waals surface area contributed by atoms with Crippen molar-refractivity contribution in [3.8, 4) is 0 Å². The highest BCUT2D eigenvalue weighted by atomic mass is 127. The van der Waals surface area contributed by atoms with Crippen molar-refractivity contribution in [1.82, 2.24) is 20.9 Å². The van der Waals surface area contributed by atoms with Crippen molar-refractivity contribution >= 4 is 47.2 Å². The molecule has 1 aromatic rings. The highest BCUT2D eigenvalue weighted by molar-refractivity contribution is 14.0. The van der Waals surface area contributed by atoms with E-state index in [0.717, 1.165) is 30.9 Å². The molecule has 0 atom stereocenters. The maximum atomic E-state index is 11.6. The second-order valence-electron chi connectivity index (χ2n) is 4.79. The van der Waals surface area contributed by atoms with Gasteiger partial charge in [-0.2, -0.15) is 0 Å². The average molecular weight is 469 g/mol. The molecule has 138 valence electrons. The van der Waals surface area contributed by atoms with Gasteiger partial charge in [0.05, 0.1) is 11.6 Å². The molecular formula is C15H28IN5O2S. The van der Waals surface area contributed by atoms with Crippen LogP contribution in [0.25, 0.3) is 0 Å². The van der Waals surface area contributed by atoms with E-state index < -0.39 is 0 Å². The van der Waals surface area contributed by atoms with Crippen LogP contribution in [0.5, 0.6) is 0 Å². The Morgan fingerprint density at radius 2 is 2.08 bits per heavy atom. The van der Waals surface area contributed by atoms with Gasteiger partial charge < -0.3 is 20.7 Å². The normalized spacial score (nSPS) is 10.9. The van der Waals surface area contributed by atoms with E-state index in [-0.39, 0.29) is 36.4 Å². The monoisotopic (exact) mass is 469 g/mol. The van der Waals surface area contributed by atoms with Gasteiger partial charge in [0, 0.05) is 44.2 Å². The van der Waals surface area contributed by atoms with E-state index in [0.29, 0.717) is 19.1 Å². The zero-order valence-electron chi connectivity index (χ0n) is 14.6. The summed E-state index contributed by atoms with van der Waals surface area (Å²) in [5.74, 6) is 0.522. The number of hydrogen-bond acceptors (Lipinski definition) is 5. The van der Waals surface area contributed by atoms with E-state index >= 15 is 0 Å². The summed E-state index contributed by atoms with van der Waals surface area (Å²) in [7, 11) is 1.60. The number of aryl methyl sites for hydroxylation is 1. The first kappa shape index (κ1) is 23.1. The number of aliphatic imine (C=N–C) groups is 1. The van der Waals surface area contributed by atoms with E-state index in [2.05, 4.69) is 32.9 Å². The lowest BCUT2D eigenvalue weighted by atomic mass is 10.4. The summed E-state index contributed by atoms with van der Waals surface area (Å²) < 4.78 is 4.88. The van der Waals surface area contributed by atoms with Crippen LogP contribution in [0.15, 0.2) is 11.2 Å². The molecule has 24 heavy (non-hydrogen) atoms. The first-order valence-electron chi connectivity index (χ1n) is 7.91. The minimum atomic E-state index is -0.119. The van der Waals surface area contributed by atoms with Gasteiger partial charge in [-0.15, -0.1) is 35.3 Å². The van der Waals surface area contributed by atoms with Gasteiger partial charge in [0.2, 0.25) is 5.91 Å². The summed E-state index contributed by atoms with van der Waals surface area (Å²) in [6.45, 7) is 6.69. The van der Waals surface area contributed by atoms with Crippen LogP contribution in [0.4, 0.5) is 0 Å². The molecule has 0 aliphatic rings. The quantitative estimate of drug-likeness (QED) is 0.207. The summed E-state index contributed by atoms with van der Waals surface area (Å²) >= 11 is 1.74. The van der Waals surface area contributed by atoms with Gasteiger partial charge in [-0.3, -0.25) is 4.79 Å². The third-order valence-electron chi connectivity index (χ3n) is 2.93. The van der Waals surface area contributed by atoms with Crippen molar-refractivity contribution in [3.05, 3.63) is 16.1 Å². The number of nitrogens with zero attached hydrogens (tertiary/aromatic N) is 2. The first-order chi connectivity index (χ1) is 11.2. The fourth-order valence-electron chi connectivity index (χ4n) is 1.76. The van der Waals surface area contributed by atoms with Crippen molar-refractivity contribution in [2.75, 3.05) is 39.9 Å². The second-order valence-corrected chi connectivity index (χ2v) is 5.99. The lowest BCUT2D eigenvalue weighted by molar-refractivity contribution is -0.119. The number of rotatable bonds is 10. The van der Waals surface area contributed by atoms with Crippen molar-refractivity contribution < 1.29 is 9.53 Å². The van der Waals surface area contributed by atoms with Crippen molar-refractivity contribution in [3.63, 3.8) is 0 Å². The van der Waals surface area contributed by atoms with Gasteiger partial charge in [0.25, 0.3) is 0 Å². The Kier molecular flexibility index (Phi) is 13.8. The fraction of sp³-hybridized carbons (Fsp3) is 0.667. The van der Waals surface area contributed by atoms with Gasteiger partial charge in [-0.25, -0.2) is 9.98 Å². The number of methoxy groups -OCH3 is 1. The number of ether oxygens (including phenoxy) is 1. The zero-order chi connectivity index (χ0) is 16.9. The molecule has 9 heteroatoms. The molecule has 0 aromatic carbocycles. The third-order valence-corrected chi connectivity index (χ3v) is 4.14. The number of nitrogens with one attached hydrogen (secondary N) is 3. The number of amides is 1. The highest BCUT2D eigenvalue weighted by Crippen LogP contribution is 2.13. The molecule has 0 radical (unpaired) electrons. The largest absolute Gasteiger partial charge is 0.383 e. The number of carbonyl (C=O) groups excluding carboxylic acids is 1. The Morgan fingerprint density at radius 1 is 1.29 bits per heavy atom. The van der Waals surface area contributed by atoms with Crippen molar-refractivity contribution in [2.45, 2.75) is 26.7 Å². The fourth-order valence-corrected chi connectivity index (χ4v) is 2.62. The molecule has 0 spiro atoms. The molecule has 0 bridgehead atoms. The van der Waals surface area contributed by atoms with Gasteiger partial charge in [-0.1, -0.05) is 6.92 Å². The maximum Gasteiger partial charge on any atom is 0.241 e. The molecular weight excluding hydrogens is 441 g/mol. The van der Waals surface area contributed by atoms with Crippen LogP contribution in [0.2, 0.25) is 0 Å². The summed E-state index contributed by atoms with van der Waals surface area (Å²) in [6.07, 6.45) is 3.80. The molecule has 1 heterocycles. The van der Waals surface area contributed by atoms with Gasteiger partial charge >= 0.3 is 0 Å². The molecule has 7 nitrogen and oxygen atoms in total. The number of carbonyl (C=O) groups is 1.